The average molecular weight is 411 g/mol. The van der Waals surface area contributed by atoms with Gasteiger partial charge in [-0.15, -0.1) is 0 Å². The molecule has 0 aliphatic heterocycles. The lowest BCUT2D eigenvalue weighted by Gasteiger charge is -2.16. The summed E-state index contributed by atoms with van der Waals surface area (Å²) in [6, 6.07) is 5.48. The van der Waals surface area contributed by atoms with Gasteiger partial charge in [-0.3, -0.25) is 4.99 Å². The van der Waals surface area contributed by atoms with Gasteiger partial charge in [0.15, 0.2) is 11.8 Å². The highest BCUT2D eigenvalue weighted by atomic mass is 19.4. The molecule has 1 aromatic heterocycles. The summed E-state index contributed by atoms with van der Waals surface area (Å²) >= 11 is 0. The molecule has 0 spiro atoms. The number of aromatic nitrogens is 2. The number of nitrogens with one attached hydrogen (secondary N) is 2. The Morgan fingerprint density at radius 3 is 2.52 bits per heavy atom. The van der Waals surface area contributed by atoms with Crippen LogP contribution in [0.1, 0.15) is 61.9 Å². The highest BCUT2D eigenvalue weighted by Gasteiger charge is 2.30. The molecule has 0 radical (unpaired) electrons. The van der Waals surface area contributed by atoms with Gasteiger partial charge in [0.05, 0.1) is 5.56 Å². The van der Waals surface area contributed by atoms with Crippen LogP contribution in [0, 0.1) is 0 Å². The van der Waals surface area contributed by atoms with E-state index in [4.69, 9.17) is 4.52 Å². The molecule has 0 saturated heterocycles. The zero-order valence-electron chi connectivity index (χ0n) is 17.2. The van der Waals surface area contributed by atoms with Crippen LogP contribution in [0.15, 0.2) is 33.8 Å². The van der Waals surface area contributed by atoms with Gasteiger partial charge >= 0.3 is 6.18 Å². The molecule has 9 heteroatoms. The third-order valence-electron chi connectivity index (χ3n) is 4.51. The number of benzene rings is 1. The molecule has 29 heavy (non-hydrogen) atoms. The van der Waals surface area contributed by atoms with Crippen LogP contribution in [0.2, 0.25) is 0 Å². The van der Waals surface area contributed by atoms with E-state index < -0.39 is 11.7 Å². The largest absolute Gasteiger partial charge is 0.416 e. The maximum absolute atomic E-state index is 12.9. The predicted molar refractivity (Wildman–Crippen MR) is 106 cm³/mol. The quantitative estimate of drug-likeness (QED) is 0.505. The molecule has 1 atom stereocenters. The smallest absolute Gasteiger partial charge is 0.356 e. The van der Waals surface area contributed by atoms with E-state index in [-0.39, 0.29) is 11.8 Å². The van der Waals surface area contributed by atoms with Gasteiger partial charge in [0.1, 0.15) is 0 Å². The van der Waals surface area contributed by atoms with Crippen LogP contribution in [0.25, 0.3) is 0 Å². The monoisotopic (exact) mass is 411 g/mol. The summed E-state index contributed by atoms with van der Waals surface area (Å²) in [4.78, 5) is 8.47. The van der Waals surface area contributed by atoms with Crippen LogP contribution in [0.4, 0.5) is 13.2 Å². The fraction of sp³-hybridized carbons (Fsp3) is 0.550. The number of halogens is 3. The van der Waals surface area contributed by atoms with E-state index in [9.17, 15) is 13.2 Å². The van der Waals surface area contributed by atoms with Gasteiger partial charge in [-0.05, 0) is 24.0 Å². The number of alkyl halides is 3. The molecule has 2 rings (SSSR count). The maximum atomic E-state index is 12.9. The SMILES string of the molecule is CN=C(NCCc1nc(C(C)C)no1)NCCC(C)c1cccc(C(F)(F)F)c1. The second-order valence-corrected chi connectivity index (χ2v) is 7.19. The molecule has 0 fully saturated rings. The first kappa shape index (κ1) is 22.7. The van der Waals surface area contributed by atoms with Crippen molar-refractivity contribution in [3.05, 3.63) is 47.1 Å². The Morgan fingerprint density at radius 2 is 1.90 bits per heavy atom. The van der Waals surface area contributed by atoms with E-state index in [1.807, 2.05) is 20.8 Å². The van der Waals surface area contributed by atoms with Crippen molar-refractivity contribution in [1.82, 2.24) is 20.8 Å². The first-order chi connectivity index (χ1) is 13.7. The second kappa shape index (κ2) is 10.3. The molecule has 0 saturated carbocycles. The van der Waals surface area contributed by atoms with Crippen LogP contribution < -0.4 is 10.6 Å². The standard InChI is InChI=1S/C20H28F3N5O/c1-13(2)18-27-17(29-28-18)9-11-26-19(24-4)25-10-8-14(3)15-6-5-7-16(12-15)20(21,22)23/h5-7,12-14H,8-11H2,1-4H3,(H2,24,25,26). The molecule has 1 heterocycles. The van der Waals surface area contributed by atoms with Crippen LogP contribution in [-0.2, 0) is 12.6 Å². The Balaban J connectivity index is 1.76. The zero-order valence-corrected chi connectivity index (χ0v) is 17.2. The molecular formula is C20H28F3N5O. The highest BCUT2D eigenvalue weighted by molar-refractivity contribution is 5.79. The van der Waals surface area contributed by atoms with E-state index in [2.05, 4.69) is 25.8 Å². The van der Waals surface area contributed by atoms with Gasteiger partial charge in [0, 0.05) is 32.5 Å². The molecule has 0 aliphatic carbocycles. The summed E-state index contributed by atoms with van der Waals surface area (Å²) in [5.41, 5.74) is 0.0517. The van der Waals surface area contributed by atoms with Crippen molar-refractivity contribution in [3.63, 3.8) is 0 Å². The van der Waals surface area contributed by atoms with Crippen LogP contribution in [0.5, 0.6) is 0 Å². The fourth-order valence-corrected chi connectivity index (χ4v) is 2.71. The van der Waals surface area contributed by atoms with Crippen LogP contribution in [0.3, 0.4) is 0 Å². The van der Waals surface area contributed by atoms with Gasteiger partial charge in [-0.25, -0.2) is 0 Å². The molecule has 6 nitrogen and oxygen atoms in total. The summed E-state index contributed by atoms with van der Waals surface area (Å²) in [5, 5.41) is 10.3. The number of rotatable bonds is 8. The zero-order chi connectivity index (χ0) is 21.4. The summed E-state index contributed by atoms with van der Waals surface area (Å²) in [5.74, 6) is 2.07. The van der Waals surface area contributed by atoms with Crippen LogP contribution >= 0.6 is 0 Å². The number of aliphatic imine (C=N–C) groups is 1. The van der Waals surface area contributed by atoms with Crippen molar-refractivity contribution in [1.29, 1.82) is 0 Å². The van der Waals surface area contributed by atoms with Crippen molar-refractivity contribution in [2.45, 2.75) is 51.6 Å². The molecule has 2 N–H and O–H groups in total. The van der Waals surface area contributed by atoms with E-state index >= 15 is 0 Å². The van der Waals surface area contributed by atoms with Gasteiger partial charge in [0.2, 0.25) is 5.89 Å². The normalized spacial score (nSPS) is 13.6. The first-order valence-electron chi connectivity index (χ1n) is 9.64. The summed E-state index contributed by atoms with van der Waals surface area (Å²) in [7, 11) is 1.66. The topological polar surface area (TPSA) is 75.3 Å². The Hall–Kier alpha value is -2.58. The van der Waals surface area contributed by atoms with Crippen molar-refractivity contribution in [2.75, 3.05) is 20.1 Å². The molecule has 0 aliphatic rings. The summed E-state index contributed by atoms with van der Waals surface area (Å²) < 4.78 is 43.8. The average Bonchev–Trinajstić information content (AvgIpc) is 3.15. The molecule has 0 bridgehead atoms. The van der Waals surface area contributed by atoms with Crippen LogP contribution in [-0.4, -0.2) is 36.2 Å². The second-order valence-electron chi connectivity index (χ2n) is 7.19. The van der Waals surface area contributed by atoms with E-state index in [0.29, 0.717) is 49.2 Å². The molecular weight excluding hydrogens is 383 g/mol. The summed E-state index contributed by atoms with van der Waals surface area (Å²) in [6.07, 6.45) is -3.08. The lowest BCUT2D eigenvalue weighted by Crippen LogP contribution is -2.39. The minimum atomic E-state index is -4.33. The van der Waals surface area contributed by atoms with E-state index in [0.717, 1.165) is 6.07 Å². The highest BCUT2D eigenvalue weighted by Crippen LogP contribution is 2.31. The van der Waals surface area contributed by atoms with E-state index in [1.54, 1.807) is 13.1 Å². The van der Waals surface area contributed by atoms with Crippen molar-refractivity contribution in [3.8, 4) is 0 Å². The lowest BCUT2D eigenvalue weighted by atomic mass is 9.96. The van der Waals surface area contributed by atoms with Crippen molar-refractivity contribution < 1.29 is 17.7 Å². The Morgan fingerprint density at radius 1 is 1.17 bits per heavy atom. The van der Waals surface area contributed by atoms with Gasteiger partial charge in [0.25, 0.3) is 0 Å². The maximum Gasteiger partial charge on any atom is 0.416 e. The van der Waals surface area contributed by atoms with Gasteiger partial charge < -0.3 is 15.2 Å². The number of hydrogen-bond acceptors (Lipinski definition) is 4. The third-order valence-corrected chi connectivity index (χ3v) is 4.51. The Labute approximate surface area is 169 Å². The first-order valence-corrected chi connectivity index (χ1v) is 9.64. The minimum absolute atomic E-state index is 0.0178. The molecule has 2 aromatic rings. The number of guanidine groups is 1. The predicted octanol–water partition coefficient (Wildman–Crippen LogP) is 4.11. The third kappa shape index (κ3) is 7.07. The van der Waals surface area contributed by atoms with Crippen molar-refractivity contribution in [2.24, 2.45) is 4.99 Å². The molecule has 0 amide bonds. The number of hydrogen-bond donors (Lipinski definition) is 2. The molecule has 160 valence electrons. The number of nitrogens with zero attached hydrogens (tertiary/aromatic N) is 3. The molecule has 1 unspecified atom stereocenters. The van der Waals surface area contributed by atoms with Gasteiger partial charge in [-0.1, -0.05) is 44.1 Å². The molecule has 1 aromatic carbocycles. The van der Waals surface area contributed by atoms with Gasteiger partial charge in [-0.2, -0.15) is 18.2 Å². The fourth-order valence-electron chi connectivity index (χ4n) is 2.71. The minimum Gasteiger partial charge on any atom is -0.356 e. The van der Waals surface area contributed by atoms with Crippen molar-refractivity contribution >= 4 is 5.96 Å². The van der Waals surface area contributed by atoms with E-state index in [1.165, 1.54) is 12.1 Å². The summed E-state index contributed by atoms with van der Waals surface area (Å²) in [6.45, 7) is 7.06. The Bertz CT molecular complexity index is 801. The Kier molecular flexibility index (Phi) is 8.04. The lowest BCUT2D eigenvalue weighted by molar-refractivity contribution is -0.137.